The minimum Gasteiger partial charge on any atom is -0.301 e. The normalized spacial score (nSPS) is 10.9. The number of ketones is 1. The summed E-state index contributed by atoms with van der Waals surface area (Å²) in [5.41, 5.74) is 0.575. The number of nitrogens with zero attached hydrogens (tertiary/aromatic N) is 1. The first-order valence-electron chi connectivity index (χ1n) is 6.15. The minimum atomic E-state index is -0.314. The van der Waals surface area contributed by atoms with Crippen LogP contribution < -0.4 is 0 Å². The lowest BCUT2D eigenvalue weighted by Gasteiger charge is -2.14. The summed E-state index contributed by atoms with van der Waals surface area (Å²) in [6.45, 7) is 1.56. The summed E-state index contributed by atoms with van der Waals surface area (Å²) >= 11 is 1.72. The van der Waals surface area contributed by atoms with E-state index < -0.39 is 0 Å². The van der Waals surface area contributed by atoms with E-state index in [0.29, 0.717) is 18.5 Å². The van der Waals surface area contributed by atoms with Gasteiger partial charge in [-0.1, -0.05) is 6.07 Å². The Morgan fingerprint density at radius 2 is 2.00 bits per heavy atom. The van der Waals surface area contributed by atoms with Crippen LogP contribution in [0.3, 0.4) is 0 Å². The van der Waals surface area contributed by atoms with Crippen LogP contribution in [0, 0.1) is 5.82 Å². The summed E-state index contributed by atoms with van der Waals surface area (Å²) in [6, 6.07) is 9.83. The van der Waals surface area contributed by atoms with Crippen LogP contribution in [0.5, 0.6) is 0 Å². The van der Waals surface area contributed by atoms with Gasteiger partial charge in [-0.05, 0) is 42.8 Å². The van der Waals surface area contributed by atoms with Crippen molar-refractivity contribution in [1.82, 2.24) is 4.90 Å². The highest BCUT2D eigenvalue weighted by Crippen LogP contribution is 2.12. The zero-order chi connectivity index (χ0) is 13.7. The fourth-order valence-corrected chi connectivity index (χ4v) is 2.60. The van der Waals surface area contributed by atoms with Gasteiger partial charge in [0, 0.05) is 30.0 Å². The molecule has 0 aliphatic carbocycles. The van der Waals surface area contributed by atoms with E-state index >= 15 is 0 Å². The van der Waals surface area contributed by atoms with Crippen molar-refractivity contribution in [3.8, 4) is 0 Å². The second-order valence-electron chi connectivity index (χ2n) is 4.50. The lowest BCUT2D eigenvalue weighted by atomic mass is 10.1. The van der Waals surface area contributed by atoms with E-state index in [9.17, 15) is 9.18 Å². The van der Waals surface area contributed by atoms with Gasteiger partial charge in [0.2, 0.25) is 0 Å². The van der Waals surface area contributed by atoms with Gasteiger partial charge in [-0.25, -0.2) is 4.39 Å². The fourth-order valence-electron chi connectivity index (χ4n) is 1.82. The zero-order valence-corrected chi connectivity index (χ0v) is 11.6. The Hall–Kier alpha value is -1.52. The average molecular weight is 277 g/mol. The number of Topliss-reactive ketones (excluding diaryl/α,β-unsaturated/α-hetero) is 1. The zero-order valence-electron chi connectivity index (χ0n) is 10.8. The molecule has 1 aromatic heterocycles. The van der Waals surface area contributed by atoms with E-state index in [1.54, 1.807) is 11.3 Å². The maximum atomic E-state index is 12.8. The van der Waals surface area contributed by atoms with Crippen molar-refractivity contribution in [2.24, 2.45) is 0 Å². The molecule has 1 aromatic carbocycles. The SMILES string of the molecule is CN(CCC(=O)c1ccc(F)cc1)Cc1cccs1. The van der Waals surface area contributed by atoms with Crippen molar-refractivity contribution < 1.29 is 9.18 Å². The number of hydrogen-bond donors (Lipinski definition) is 0. The van der Waals surface area contributed by atoms with Gasteiger partial charge in [0.1, 0.15) is 5.82 Å². The molecule has 0 unspecified atom stereocenters. The Labute approximate surface area is 116 Å². The lowest BCUT2D eigenvalue weighted by molar-refractivity contribution is 0.0968. The summed E-state index contributed by atoms with van der Waals surface area (Å²) in [4.78, 5) is 15.3. The van der Waals surface area contributed by atoms with Crippen LogP contribution in [0.15, 0.2) is 41.8 Å². The van der Waals surface area contributed by atoms with Gasteiger partial charge in [-0.15, -0.1) is 11.3 Å². The van der Waals surface area contributed by atoms with Gasteiger partial charge in [0.25, 0.3) is 0 Å². The summed E-state index contributed by atoms with van der Waals surface area (Å²) in [6.07, 6.45) is 0.452. The second kappa shape index (κ2) is 6.59. The third-order valence-electron chi connectivity index (χ3n) is 2.89. The second-order valence-corrected chi connectivity index (χ2v) is 5.53. The van der Waals surface area contributed by atoms with Crippen molar-refractivity contribution in [3.63, 3.8) is 0 Å². The highest BCUT2D eigenvalue weighted by molar-refractivity contribution is 7.09. The number of carbonyl (C=O) groups excluding carboxylic acids is 1. The minimum absolute atomic E-state index is 0.0537. The molecule has 0 aliphatic heterocycles. The quantitative estimate of drug-likeness (QED) is 0.752. The van der Waals surface area contributed by atoms with Gasteiger partial charge in [0.15, 0.2) is 5.78 Å². The summed E-state index contributed by atoms with van der Waals surface area (Å²) in [5.74, 6) is -0.260. The molecule has 0 aliphatic rings. The summed E-state index contributed by atoms with van der Waals surface area (Å²) in [5, 5.41) is 2.05. The number of benzene rings is 1. The molecule has 0 saturated carbocycles. The topological polar surface area (TPSA) is 20.3 Å². The van der Waals surface area contributed by atoms with E-state index in [1.165, 1.54) is 29.1 Å². The van der Waals surface area contributed by atoms with Crippen LogP contribution in [-0.4, -0.2) is 24.3 Å². The molecule has 0 radical (unpaired) electrons. The smallest absolute Gasteiger partial charge is 0.164 e. The Morgan fingerprint density at radius 1 is 1.26 bits per heavy atom. The Bertz CT molecular complexity index is 522. The van der Waals surface area contributed by atoms with Gasteiger partial charge in [-0.2, -0.15) is 0 Å². The monoisotopic (exact) mass is 277 g/mol. The molecule has 1 heterocycles. The number of carbonyl (C=O) groups is 1. The number of rotatable bonds is 6. The van der Waals surface area contributed by atoms with E-state index in [-0.39, 0.29) is 11.6 Å². The van der Waals surface area contributed by atoms with Crippen LogP contribution >= 0.6 is 11.3 Å². The van der Waals surface area contributed by atoms with Gasteiger partial charge in [0.05, 0.1) is 0 Å². The first-order chi connectivity index (χ1) is 9.15. The van der Waals surface area contributed by atoms with E-state index in [2.05, 4.69) is 11.0 Å². The molecule has 0 bridgehead atoms. The molecule has 4 heteroatoms. The molecule has 19 heavy (non-hydrogen) atoms. The Kier molecular flexibility index (Phi) is 4.82. The molecular weight excluding hydrogens is 261 g/mol. The van der Waals surface area contributed by atoms with Crippen molar-refractivity contribution >= 4 is 17.1 Å². The van der Waals surface area contributed by atoms with Crippen LogP contribution in [0.25, 0.3) is 0 Å². The molecule has 2 nitrogen and oxygen atoms in total. The molecule has 0 saturated heterocycles. The summed E-state index contributed by atoms with van der Waals surface area (Å²) in [7, 11) is 2.00. The maximum Gasteiger partial charge on any atom is 0.164 e. The highest BCUT2D eigenvalue weighted by atomic mass is 32.1. The Balaban J connectivity index is 1.81. The fraction of sp³-hybridized carbons (Fsp3) is 0.267. The summed E-state index contributed by atoms with van der Waals surface area (Å²) < 4.78 is 12.8. The first kappa shape index (κ1) is 13.9. The number of thiophene rings is 1. The molecule has 0 amide bonds. The maximum absolute atomic E-state index is 12.8. The molecule has 0 N–H and O–H groups in total. The average Bonchev–Trinajstić information content (AvgIpc) is 2.89. The van der Waals surface area contributed by atoms with Crippen molar-refractivity contribution in [2.75, 3.05) is 13.6 Å². The third kappa shape index (κ3) is 4.26. The molecule has 2 rings (SSSR count). The van der Waals surface area contributed by atoms with Crippen LogP contribution in [0.2, 0.25) is 0 Å². The van der Waals surface area contributed by atoms with Crippen molar-refractivity contribution in [1.29, 1.82) is 0 Å². The van der Waals surface area contributed by atoms with Crippen LogP contribution in [0.1, 0.15) is 21.7 Å². The molecule has 0 spiro atoms. The van der Waals surface area contributed by atoms with E-state index in [4.69, 9.17) is 0 Å². The molecule has 2 aromatic rings. The highest BCUT2D eigenvalue weighted by Gasteiger charge is 2.08. The standard InChI is InChI=1S/C15H16FNOS/c1-17(11-14-3-2-10-19-14)9-8-15(18)12-4-6-13(16)7-5-12/h2-7,10H,8-9,11H2,1H3. The predicted octanol–water partition coefficient (Wildman–Crippen LogP) is 3.59. The van der Waals surface area contributed by atoms with Crippen molar-refractivity contribution in [3.05, 3.63) is 58.0 Å². The largest absolute Gasteiger partial charge is 0.301 e. The van der Waals surface area contributed by atoms with Gasteiger partial charge in [-0.3, -0.25) is 4.79 Å². The van der Waals surface area contributed by atoms with Gasteiger partial charge < -0.3 is 4.90 Å². The van der Waals surface area contributed by atoms with Crippen LogP contribution in [-0.2, 0) is 6.54 Å². The third-order valence-corrected chi connectivity index (χ3v) is 3.75. The number of halogens is 1. The van der Waals surface area contributed by atoms with E-state index in [1.807, 2.05) is 18.5 Å². The predicted molar refractivity (Wildman–Crippen MR) is 76.0 cm³/mol. The number of hydrogen-bond acceptors (Lipinski definition) is 3. The molecule has 0 fully saturated rings. The molecular formula is C15H16FNOS. The van der Waals surface area contributed by atoms with Crippen molar-refractivity contribution in [2.45, 2.75) is 13.0 Å². The molecule has 0 atom stereocenters. The molecule has 100 valence electrons. The van der Waals surface area contributed by atoms with Crippen LogP contribution in [0.4, 0.5) is 4.39 Å². The van der Waals surface area contributed by atoms with Gasteiger partial charge >= 0.3 is 0 Å². The Morgan fingerprint density at radius 3 is 2.63 bits per heavy atom. The van der Waals surface area contributed by atoms with E-state index in [0.717, 1.165) is 6.54 Å². The lowest BCUT2D eigenvalue weighted by Crippen LogP contribution is -2.21. The first-order valence-corrected chi connectivity index (χ1v) is 7.03.